The molecule has 8 saturated carbocycles. The lowest BCUT2D eigenvalue weighted by atomic mass is 9.49. The third kappa shape index (κ3) is 2.27. The zero-order chi connectivity index (χ0) is 18.6. The van der Waals surface area contributed by atoms with Crippen LogP contribution < -0.4 is 0 Å². The van der Waals surface area contributed by atoms with Gasteiger partial charge >= 0.3 is 0 Å². The van der Waals surface area contributed by atoms with Crippen molar-refractivity contribution in [2.24, 2.45) is 47.3 Å². The summed E-state index contributed by atoms with van der Waals surface area (Å²) >= 11 is 0. The minimum atomic E-state index is 0.162. The van der Waals surface area contributed by atoms with Gasteiger partial charge in [0.2, 0.25) is 0 Å². The van der Waals surface area contributed by atoms with E-state index in [4.69, 9.17) is 0 Å². The Morgan fingerprint density at radius 2 is 0.964 bits per heavy atom. The van der Waals surface area contributed by atoms with Gasteiger partial charge in [0.05, 0.1) is 0 Å². The Morgan fingerprint density at radius 3 is 1.43 bits per heavy atom. The molecule has 0 saturated heterocycles. The van der Waals surface area contributed by atoms with Gasteiger partial charge in [0.15, 0.2) is 11.5 Å². The molecular weight excluding hydrogens is 344 g/mol. The normalized spacial score (nSPS) is 50.4. The molecule has 1 aromatic carbocycles. The standard InChI is InChI=1S/C26H34O2/c27-23-12-21(24-17-3-13-1-14(5-17)6-18(24)4-13)11-22(26(23)28)25-19-7-15-2-16(9-19)10-20(25)8-15/h11-20,24-25,27-28H,1-10H2. The summed E-state index contributed by atoms with van der Waals surface area (Å²) in [6.07, 6.45) is 14.0. The highest BCUT2D eigenvalue weighted by Gasteiger charge is 2.51. The lowest BCUT2D eigenvalue weighted by molar-refractivity contribution is -0.00559. The molecule has 0 amide bonds. The third-order valence-electron chi connectivity index (χ3n) is 10.3. The molecule has 8 fully saturated rings. The van der Waals surface area contributed by atoms with Crippen molar-refractivity contribution < 1.29 is 10.2 Å². The first-order valence-electron chi connectivity index (χ1n) is 12.2. The molecule has 9 rings (SSSR count). The predicted octanol–water partition coefficient (Wildman–Crippen LogP) is 6.18. The zero-order valence-electron chi connectivity index (χ0n) is 16.9. The van der Waals surface area contributed by atoms with Crippen LogP contribution in [-0.2, 0) is 0 Å². The topological polar surface area (TPSA) is 40.5 Å². The first-order chi connectivity index (χ1) is 13.6. The van der Waals surface area contributed by atoms with Crippen LogP contribution in [0.15, 0.2) is 12.1 Å². The van der Waals surface area contributed by atoms with Crippen molar-refractivity contribution in [3.63, 3.8) is 0 Å². The first kappa shape index (κ1) is 16.6. The molecule has 0 spiro atoms. The molecule has 2 heteroatoms. The Kier molecular flexibility index (Phi) is 3.38. The second-order valence-electron chi connectivity index (χ2n) is 11.9. The number of rotatable bonds is 2. The quantitative estimate of drug-likeness (QED) is 0.604. The maximum atomic E-state index is 10.9. The van der Waals surface area contributed by atoms with E-state index in [1.54, 1.807) is 0 Å². The highest BCUT2D eigenvalue weighted by atomic mass is 16.3. The van der Waals surface area contributed by atoms with Crippen LogP contribution in [0.5, 0.6) is 11.5 Å². The van der Waals surface area contributed by atoms with Crippen LogP contribution in [0.2, 0.25) is 0 Å². The molecule has 1 aromatic rings. The zero-order valence-corrected chi connectivity index (χ0v) is 16.9. The monoisotopic (exact) mass is 378 g/mol. The Labute approximate surface area is 168 Å². The summed E-state index contributed by atoms with van der Waals surface area (Å²) in [4.78, 5) is 0. The molecule has 0 atom stereocenters. The van der Waals surface area contributed by atoms with Crippen molar-refractivity contribution in [2.75, 3.05) is 0 Å². The van der Waals surface area contributed by atoms with E-state index in [0.717, 1.165) is 52.9 Å². The van der Waals surface area contributed by atoms with Crippen LogP contribution in [-0.4, -0.2) is 10.2 Å². The van der Waals surface area contributed by atoms with Crippen LogP contribution in [0.4, 0.5) is 0 Å². The van der Waals surface area contributed by atoms with Crippen LogP contribution >= 0.6 is 0 Å². The van der Waals surface area contributed by atoms with Crippen LogP contribution in [0.3, 0.4) is 0 Å². The van der Waals surface area contributed by atoms with Gasteiger partial charge in [-0.05, 0) is 135 Å². The summed E-state index contributed by atoms with van der Waals surface area (Å²) in [7, 11) is 0. The highest BCUT2D eigenvalue weighted by Crippen LogP contribution is 2.63. The summed E-state index contributed by atoms with van der Waals surface area (Å²) < 4.78 is 0. The van der Waals surface area contributed by atoms with Crippen molar-refractivity contribution in [3.8, 4) is 11.5 Å². The molecule has 150 valence electrons. The fraction of sp³-hybridized carbons (Fsp3) is 0.769. The highest BCUT2D eigenvalue weighted by molar-refractivity contribution is 5.51. The van der Waals surface area contributed by atoms with E-state index in [1.165, 1.54) is 69.8 Å². The van der Waals surface area contributed by atoms with Crippen molar-refractivity contribution in [1.29, 1.82) is 0 Å². The molecule has 2 N–H and O–H groups in total. The van der Waals surface area contributed by atoms with Gasteiger partial charge < -0.3 is 10.2 Å². The van der Waals surface area contributed by atoms with Crippen molar-refractivity contribution in [1.82, 2.24) is 0 Å². The predicted molar refractivity (Wildman–Crippen MR) is 109 cm³/mol. The van der Waals surface area contributed by atoms with Gasteiger partial charge in [-0.15, -0.1) is 0 Å². The Bertz CT molecular complexity index is 755. The van der Waals surface area contributed by atoms with Gasteiger partial charge in [0.1, 0.15) is 0 Å². The largest absolute Gasteiger partial charge is 0.504 e. The lowest BCUT2D eigenvalue weighted by Crippen LogP contribution is -2.44. The van der Waals surface area contributed by atoms with E-state index in [-0.39, 0.29) is 11.5 Å². The Morgan fingerprint density at radius 1 is 0.536 bits per heavy atom. The summed E-state index contributed by atoms with van der Waals surface area (Å²) in [6.45, 7) is 0. The van der Waals surface area contributed by atoms with Gasteiger partial charge in [-0.25, -0.2) is 0 Å². The van der Waals surface area contributed by atoms with Crippen molar-refractivity contribution in [3.05, 3.63) is 23.3 Å². The number of aromatic hydroxyl groups is 2. The summed E-state index contributed by atoms with van der Waals surface area (Å²) in [5.41, 5.74) is 2.49. The molecular formula is C26H34O2. The van der Waals surface area contributed by atoms with E-state index in [9.17, 15) is 10.2 Å². The number of hydrogen-bond donors (Lipinski definition) is 2. The van der Waals surface area contributed by atoms with Crippen LogP contribution in [0, 0.1) is 47.3 Å². The third-order valence-corrected chi connectivity index (χ3v) is 10.3. The molecule has 0 radical (unpaired) electrons. The maximum absolute atomic E-state index is 10.9. The Balaban J connectivity index is 1.28. The fourth-order valence-corrected chi connectivity index (χ4v) is 10.0. The number of hydrogen-bond acceptors (Lipinski definition) is 2. The fourth-order valence-electron chi connectivity index (χ4n) is 10.0. The smallest absolute Gasteiger partial charge is 0.160 e. The SMILES string of the molecule is Oc1cc(C2C3CC4CC(C3)CC2C4)cc(C2C3CC4CC(C3)CC2C4)c1O. The minimum absolute atomic E-state index is 0.162. The molecule has 8 aliphatic rings. The van der Waals surface area contributed by atoms with Crippen LogP contribution in [0.1, 0.15) is 87.2 Å². The van der Waals surface area contributed by atoms with E-state index >= 15 is 0 Å². The molecule has 2 nitrogen and oxygen atoms in total. The number of phenols is 2. The first-order valence-corrected chi connectivity index (χ1v) is 12.2. The molecule has 0 unspecified atom stereocenters. The van der Waals surface area contributed by atoms with Gasteiger partial charge in [0.25, 0.3) is 0 Å². The lowest BCUT2D eigenvalue weighted by Gasteiger charge is -2.55. The van der Waals surface area contributed by atoms with Crippen molar-refractivity contribution >= 4 is 0 Å². The number of benzene rings is 1. The van der Waals surface area contributed by atoms with Gasteiger partial charge in [-0.1, -0.05) is 6.07 Å². The van der Waals surface area contributed by atoms with E-state index < -0.39 is 0 Å². The number of phenolic OH excluding ortho intramolecular Hbond substituents is 2. The van der Waals surface area contributed by atoms with Gasteiger partial charge in [0, 0.05) is 5.56 Å². The second kappa shape index (κ2) is 5.70. The van der Waals surface area contributed by atoms with Crippen molar-refractivity contribution in [2.45, 2.75) is 76.0 Å². The van der Waals surface area contributed by atoms with E-state index in [1.807, 2.05) is 6.07 Å². The maximum Gasteiger partial charge on any atom is 0.160 e. The average molecular weight is 379 g/mol. The molecule has 0 aliphatic heterocycles. The van der Waals surface area contributed by atoms with E-state index in [2.05, 4.69) is 6.07 Å². The Hall–Kier alpha value is -1.18. The second-order valence-corrected chi connectivity index (χ2v) is 11.9. The van der Waals surface area contributed by atoms with E-state index in [0.29, 0.717) is 11.8 Å². The summed E-state index contributed by atoms with van der Waals surface area (Å²) in [6, 6.07) is 4.33. The van der Waals surface area contributed by atoms with Gasteiger partial charge in [-0.3, -0.25) is 0 Å². The summed E-state index contributed by atoms with van der Waals surface area (Å²) in [5, 5.41) is 21.6. The molecule has 0 aromatic heterocycles. The minimum Gasteiger partial charge on any atom is -0.504 e. The molecule has 8 aliphatic carbocycles. The molecule has 28 heavy (non-hydrogen) atoms. The van der Waals surface area contributed by atoms with Gasteiger partial charge in [-0.2, -0.15) is 0 Å². The summed E-state index contributed by atoms with van der Waals surface area (Å²) in [5.74, 6) is 8.50. The molecule has 8 bridgehead atoms. The average Bonchev–Trinajstić information content (AvgIpc) is 2.63. The molecule has 0 heterocycles. The van der Waals surface area contributed by atoms with Crippen LogP contribution in [0.25, 0.3) is 0 Å².